The van der Waals surface area contributed by atoms with Gasteiger partial charge in [-0.2, -0.15) is 6.08 Å². The molecule has 1 radical (unpaired) electrons. The molecule has 0 bridgehead atoms. The van der Waals surface area contributed by atoms with Gasteiger partial charge in [0.15, 0.2) is 0 Å². The summed E-state index contributed by atoms with van der Waals surface area (Å²) in [5, 5.41) is 10.4. The Morgan fingerprint density at radius 2 is 1.40 bits per heavy atom. The van der Waals surface area contributed by atoms with Crippen molar-refractivity contribution in [1.82, 2.24) is 0 Å². The largest absolute Gasteiger partial charge is 3.00 e. The molecule has 0 atom stereocenters. The van der Waals surface area contributed by atoms with Gasteiger partial charge in [0.05, 0.1) is 7.11 Å². The second-order valence-corrected chi connectivity index (χ2v) is 7.57. The second-order valence-electron chi connectivity index (χ2n) is 7.57. The van der Waals surface area contributed by atoms with Crippen molar-refractivity contribution in [1.29, 1.82) is 0 Å². The van der Waals surface area contributed by atoms with Gasteiger partial charge in [0.25, 0.3) is 0 Å². The first-order chi connectivity index (χ1) is 10.1. The molecular weight excluding hydrogens is 480 g/mol. The Hall–Kier alpha value is -0.0257. The Bertz CT molecular complexity index is 523. The Balaban J connectivity index is -0.000000522. The summed E-state index contributed by atoms with van der Waals surface area (Å²) >= 11 is 0. The summed E-state index contributed by atoms with van der Waals surface area (Å²) < 4.78 is 5.33. The van der Waals surface area contributed by atoms with E-state index in [9.17, 15) is 5.11 Å². The summed E-state index contributed by atoms with van der Waals surface area (Å²) in [7, 11) is 1.66. The molecule has 0 fully saturated rings. The van der Waals surface area contributed by atoms with Crippen molar-refractivity contribution in [3.8, 4) is 11.5 Å². The van der Waals surface area contributed by atoms with Crippen LogP contribution in [0, 0.1) is 6.08 Å². The van der Waals surface area contributed by atoms with E-state index < -0.39 is 0 Å². The summed E-state index contributed by atoms with van der Waals surface area (Å²) in [6, 6.07) is 3.84. The van der Waals surface area contributed by atoms with Crippen LogP contribution in [0.4, 0.5) is 0 Å². The zero-order chi connectivity index (χ0) is 17.0. The van der Waals surface area contributed by atoms with Crippen molar-refractivity contribution in [3.05, 3.63) is 47.6 Å². The molecule has 1 aliphatic carbocycles. The monoisotopic (exact) mass is 507 g/mol. The molecule has 5 heteroatoms. The number of methoxy groups -OCH3 is 1. The molecule has 25 heavy (non-hydrogen) atoms. The number of hydrogen-bond donors (Lipinski definition) is 1. The summed E-state index contributed by atoms with van der Waals surface area (Å²) in [5.74, 6) is 1.20. The van der Waals surface area contributed by atoms with E-state index in [1.54, 1.807) is 7.11 Å². The second kappa shape index (κ2) is 12.4. The standard InChI is InChI=1S/C15H24O2.C5H5.2BrH.Ti/c1-14(2,3)11-8-10(17-7)9-12(13(11)16)15(4,5)6;1-2-4-5-3-1;;;/h8-9,16H,1-7H3;1-3H,4H2;2*1H;/q;-1;;;+3/p-2. The molecule has 0 spiro atoms. The number of halogens is 2. The zero-order valence-electron chi connectivity index (χ0n) is 16.2. The predicted octanol–water partition coefficient (Wildman–Crippen LogP) is -0.693. The molecule has 1 aliphatic rings. The maximum Gasteiger partial charge on any atom is 3.00 e. The van der Waals surface area contributed by atoms with Crippen LogP contribution < -0.4 is 38.7 Å². The smallest absolute Gasteiger partial charge is 1.00 e. The van der Waals surface area contributed by atoms with Gasteiger partial charge >= 0.3 is 21.7 Å². The first-order valence-corrected chi connectivity index (χ1v) is 7.71. The molecule has 2 rings (SSSR count). The van der Waals surface area contributed by atoms with Crippen molar-refractivity contribution >= 4 is 0 Å². The third-order valence-corrected chi connectivity index (χ3v) is 3.52. The minimum Gasteiger partial charge on any atom is -1.00 e. The number of aromatic hydroxyl groups is 1. The Labute approximate surface area is 189 Å². The van der Waals surface area contributed by atoms with Crippen LogP contribution in [0.3, 0.4) is 0 Å². The topological polar surface area (TPSA) is 29.5 Å². The van der Waals surface area contributed by atoms with E-state index in [2.05, 4.69) is 53.7 Å². The van der Waals surface area contributed by atoms with E-state index in [1.165, 1.54) is 0 Å². The van der Waals surface area contributed by atoms with Crippen LogP contribution in [0.5, 0.6) is 11.5 Å². The zero-order valence-corrected chi connectivity index (χ0v) is 20.9. The Morgan fingerprint density at radius 3 is 1.60 bits per heavy atom. The molecule has 0 unspecified atom stereocenters. The van der Waals surface area contributed by atoms with Gasteiger partial charge in [-0.1, -0.05) is 41.5 Å². The molecular formula is C20H29Br2O2Ti. The average molecular weight is 509 g/mol. The summed E-state index contributed by atoms with van der Waals surface area (Å²) in [6.07, 6.45) is 10.0. The van der Waals surface area contributed by atoms with Crippen LogP contribution in [0.15, 0.2) is 30.4 Å². The Morgan fingerprint density at radius 1 is 0.960 bits per heavy atom. The van der Waals surface area contributed by atoms with Crippen molar-refractivity contribution < 1.29 is 65.5 Å². The van der Waals surface area contributed by atoms with Crippen LogP contribution in [-0.2, 0) is 32.5 Å². The number of hydrogen-bond acceptors (Lipinski definition) is 2. The first kappa shape index (κ1) is 29.7. The fraction of sp³-hybridized carbons (Fsp3) is 0.500. The number of phenols is 1. The molecule has 0 saturated carbocycles. The molecule has 1 aromatic rings. The van der Waals surface area contributed by atoms with E-state index in [0.717, 1.165) is 23.3 Å². The number of allylic oxidation sites excluding steroid dienone is 4. The van der Waals surface area contributed by atoms with Gasteiger partial charge in [0.2, 0.25) is 0 Å². The van der Waals surface area contributed by atoms with Gasteiger partial charge in [0, 0.05) is 11.1 Å². The van der Waals surface area contributed by atoms with Crippen molar-refractivity contribution in [2.24, 2.45) is 0 Å². The van der Waals surface area contributed by atoms with Crippen molar-refractivity contribution in [3.63, 3.8) is 0 Å². The van der Waals surface area contributed by atoms with Gasteiger partial charge < -0.3 is 43.8 Å². The quantitative estimate of drug-likeness (QED) is 0.402. The van der Waals surface area contributed by atoms with E-state index >= 15 is 0 Å². The van der Waals surface area contributed by atoms with Crippen LogP contribution in [0.2, 0.25) is 0 Å². The molecule has 0 heterocycles. The third kappa shape index (κ3) is 9.46. The molecule has 1 aromatic carbocycles. The van der Waals surface area contributed by atoms with Crippen LogP contribution in [-0.4, -0.2) is 12.2 Å². The van der Waals surface area contributed by atoms with E-state index in [0.29, 0.717) is 5.75 Å². The molecule has 2 nitrogen and oxygen atoms in total. The minimum atomic E-state index is -0.0986. The molecule has 1 N–H and O–H groups in total. The molecule has 139 valence electrons. The number of rotatable bonds is 1. The van der Waals surface area contributed by atoms with Crippen molar-refractivity contribution in [2.75, 3.05) is 7.11 Å². The van der Waals surface area contributed by atoms with E-state index in [4.69, 9.17) is 4.74 Å². The van der Waals surface area contributed by atoms with Gasteiger partial charge in [0.1, 0.15) is 11.5 Å². The minimum absolute atomic E-state index is 0. The van der Waals surface area contributed by atoms with E-state index in [1.807, 2.05) is 24.3 Å². The summed E-state index contributed by atoms with van der Waals surface area (Å²) in [4.78, 5) is 0. The maximum absolute atomic E-state index is 10.4. The van der Waals surface area contributed by atoms with Crippen LogP contribution in [0.25, 0.3) is 0 Å². The summed E-state index contributed by atoms with van der Waals surface area (Å²) in [5.41, 5.74) is 1.67. The first-order valence-electron chi connectivity index (χ1n) is 7.71. The fourth-order valence-corrected chi connectivity index (χ4v) is 2.21. The number of benzene rings is 1. The molecule has 0 amide bonds. The fourth-order valence-electron chi connectivity index (χ4n) is 2.21. The van der Waals surface area contributed by atoms with Gasteiger partial charge in [-0.05, 0) is 23.0 Å². The van der Waals surface area contributed by atoms with Crippen LogP contribution in [0.1, 0.15) is 59.1 Å². The molecule has 0 aromatic heterocycles. The predicted molar refractivity (Wildman–Crippen MR) is 93.6 cm³/mol. The SMILES string of the molecule is COc1cc(C(C)(C)C)c(O)c(C(C)(C)C)c1.[Br-].[Br-].[C-]1=CC=CC1.[Ti+3]. The van der Waals surface area contributed by atoms with Gasteiger partial charge in [-0.25, -0.2) is 12.2 Å². The normalized spacial score (nSPS) is 12.1. The van der Waals surface area contributed by atoms with Crippen molar-refractivity contribution in [2.45, 2.75) is 58.8 Å². The molecule has 0 aliphatic heterocycles. The van der Waals surface area contributed by atoms with Crippen LogP contribution >= 0.6 is 0 Å². The average Bonchev–Trinajstić information content (AvgIpc) is 2.95. The number of ether oxygens (including phenoxy) is 1. The third-order valence-electron chi connectivity index (χ3n) is 3.52. The maximum atomic E-state index is 10.4. The summed E-state index contributed by atoms with van der Waals surface area (Å²) in [6.45, 7) is 12.5. The van der Waals surface area contributed by atoms with E-state index in [-0.39, 0.29) is 66.5 Å². The number of phenolic OH excluding ortho intramolecular Hbond substituents is 1. The molecule has 0 saturated heterocycles. The van der Waals surface area contributed by atoms with Gasteiger partial charge in [-0.3, -0.25) is 6.08 Å². The van der Waals surface area contributed by atoms with Gasteiger partial charge in [-0.15, -0.1) is 6.42 Å². The Kier molecular flexibility index (Phi) is 14.7.